The van der Waals surface area contributed by atoms with Gasteiger partial charge in [0.2, 0.25) is 0 Å². The van der Waals surface area contributed by atoms with Crippen LogP contribution in [-0.4, -0.2) is 20.1 Å². The normalized spacial score (nSPS) is 15.4. The summed E-state index contributed by atoms with van der Waals surface area (Å²) in [4.78, 5) is 2.39. The zero-order valence-electron chi connectivity index (χ0n) is 13.0. The first-order valence-corrected chi connectivity index (χ1v) is 8.56. The Hall–Kier alpha value is -0.540. The minimum absolute atomic E-state index is 0.700. The van der Waals surface area contributed by atoms with Gasteiger partial charge in [-0.2, -0.15) is 0 Å². The van der Waals surface area contributed by atoms with Crippen LogP contribution < -0.4 is 10.2 Å². The van der Waals surface area contributed by atoms with E-state index in [9.17, 15) is 0 Å². The number of hydrogen-bond acceptors (Lipinski definition) is 2. The van der Waals surface area contributed by atoms with Crippen LogP contribution in [0.2, 0.25) is 0 Å². The van der Waals surface area contributed by atoms with Crippen molar-refractivity contribution in [3.8, 4) is 0 Å². The van der Waals surface area contributed by atoms with Crippen LogP contribution in [0, 0.1) is 11.8 Å². The van der Waals surface area contributed by atoms with Crippen molar-refractivity contribution in [2.45, 2.75) is 39.7 Å². The highest BCUT2D eigenvalue weighted by molar-refractivity contribution is 9.10. The molecule has 0 saturated heterocycles. The third-order valence-electron chi connectivity index (χ3n) is 4.06. The van der Waals surface area contributed by atoms with Crippen LogP contribution in [0.15, 0.2) is 22.7 Å². The largest absolute Gasteiger partial charge is 0.373 e. The van der Waals surface area contributed by atoms with E-state index in [4.69, 9.17) is 0 Å². The summed E-state index contributed by atoms with van der Waals surface area (Å²) < 4.78 is 1.21. The molecule has 0 bridgehead atoms. The zero-order valence-corrected chi connectivity index (χ0v) is 14.5. The molecule has 0 aliphatic heterocycles. The third-order valence-corrected chi connectivity index (χ3v) is 4.70. The van der Waals surface area contributed by atoms with Crippen molar-refractivity contribution in [3.05, 3.63) is 28.2 Å². The van der Waals surface area contributed by atoms with Crippen LogP contribution in [0.4, 0.5) is 5.69 Å². The van der Waals surface area contributed by atoms with Crippen LogP contribution in [-0.2, 0) is 6.54 Å². The molecule has 2 rings (SSSR count). The minimum Gasteiger partial charge on any atom is -0.373 e. The smallest absolute Gasteiger partial charge is 0.0508 e. The Balaban J connectivity index is 1.90. The van der Waals surface area contributed by atoms with Crippen molar-refractivity contribution < 1.29 is 0 Å². The summed E-state index contributed by atoms with van der Waals surface area (Å²) in [7, 11) is 2.20. The fourth-order valence-corrected chi connectivity index (χ4v) is 3.37. The summed E-state index contributed by atoms with van der Waals surface area (Å²) in [6.45, 7) is 7.68. The van der Waals surface area contributed by atoms with Gasteiger partial charge in [0.05, 0.1) is 5.69 Å². The lowest BCUT2D eigenvalue weighted by Crippen LogP contribution is -2.29. The van der Waals surface area contributed by atoms with E-state index in [1.807, 2.05) is 0 Å². The minimum atomic E-state index is 0.700. The fraction of sp³-hybridized carbons (Fsp3) is 0.647. The van der Waals surface area contributed by atoms with Crippen LogP contribution in [0.5, 0.6) is 0 Å². The lowest BCUT2D eigenvalue weighted by Gasteiger charge is -2.31. The number of nitrogens with zero attached hydrogens (tertiary/aromatic N) is 1. The van der Waals surface area contributed by atoms with Gasteiger partial charge in [0, 0.05) is 24.6 Å². The van der Waals surface area contributed by atoms with Crippen molar-refractivity contribution in [2.24, 2.45) is 11.8 Å². The summed E-state index contributed by atoms with van der Waals surface area (Å²) in [5.41, 5.74) is 2.66. The molecule has 2 nitrogen and oxygen atoms in total. The Labute approximate surface area is 132 Å². The van der Waals surface area contributed by atoms with Gasteiger partial charge in [0.15, 0.2) is 0 Å². The van der Waals surface area contributed by atoms with E-state index in [-0.39, 0.29) is 0 Å². The standard InChI is InChI=1S/C17H27BrN2/c1-13(2)10-19-11-15-7-8-17(16(18)9-15)20(3)12-14-5-4-6-14/h7-9,13-14,19H,4-6,10-12H2,1-3H3. The molecule has 0 aromatic heterocycles. The van der Waals surface area contributed by atoms with E-state index in [0.29, 0.717) is 5.92 Å². The fourth-order valence-electron chi connectivity index (χ4n) is 2.64. The predicted octanol–water partition coefficient (Wildman–Crippen LogP) is 4.43. The Morgan fingerprint density at radius 1 is 1.35 bits per heavy atom. The molecule has 3 heteroatoms. The van der Waals surface area contributed by atoms with Crippen LogP contribution >= 0.6 is 15.9 Å². The molecule has 112 valence electrons. The second-order valence-electron chi connectivity index (χ2n) is 6.49. The Bertz CT molecular complexity index is 427. The molecule has 1 aromatic rings. The first-order valence-electron chi connectivity index (χ1n) is 7.76. The van der Waals surface area contributed by atoms with Gasteiger partial charge in [-0.25, -0.2) is 0 Å². The molecular formula is C17H27BrN2. The highest BCUT2D eigenvalue weighted by Gasteiger charge is 2.20. The molecule has 0 amide bonds. The van der Waals surface area contributed by atoms with E-state index in [1.54, 1.807) is 0 Å². The van der Waals surface area contributed by atoms with E-state index in [2.05, 4.69) is 65.2 Å². The highest BCUT2D eigenvalue weighted by atomic mass is 79.9. The number of nitrogens with one attached hydrogen (secondary N) is 1. The molecule has 0 heterocycles. The van der Waals surface area contributed by atoms with Gasteiger partial charge < -0.3 is 10.2 Å². The molecule has 1 fully saturated rings. The maximum absolute atomic E-state index is 3.73. The SMILES string of the molecule is CC(C)CNCc1ccc(N(C)CC2CCC2)c(Br)c1. The summed E-state index contributed by atoms with van der Waals surface area (Å²) in [5.74, 6) is 1.60. The van der Waals surface area contributed by atoms with E-state index < -0.39 is 0 Å². The Morgan fingerprint density at radius 3 is 2.65 bits per heavy atom. The first kappa shape index (κ1) is 15.8. The van der Waals surface area contributed by atoms with Crippen LogP contribution in [0.25, 0.3) is 0 Å². The molecule has 0 unspecified atom stereocenters. The molecular weight excluding hydrogens is 312 g/mol. The number of benzene rings is 1. The third kappa shape index (κ3) is 4.49. The first-order chi connectivity index (χ1) is 9.56. The Kier molecular flexibility index (Phi) is 5.91. The lowest BCUT2D eigenvalue weighted by molar-refractivity contribution is 0.321. The highest BCUT2D eigenvalue weighted by Crippen LogP contribution is 2.31. The molecule has 1 aromatic carbocycles. The van der Waals surface area contributed by atoms with E-state index in [0.717, 1.165) is 19.0 Å². The van der Waals surface area contributed by atoms with Crippen molar-refractivity contribution in [3.63, 3.8) is 0 Å². The number of halogens is 1. The van der Waals surface area contributed by atoms with E-state index >= 15 is 0 Å². The lowest BCUT2D eigenvalue weighted by atomic mass is 9.85. The van der Waals surface area contributed by atoms with Crippen molar-refractivity contribution >= 4 is 21.6 Å². The number of hydrogen-bond donors (Lipinski definition) is 1. The van der Waals surface area contributed by atoms with Gasteiger partial charge >= 0.3 is 0 Å². The predicted molar refractivity (Wildman–Crippen MR) is 91.3 cm³/mol. The van der Waals surface area contributed by atoms with Gasteiger partial charge in [-0.05, 0) is 64.8 Å². The maximum Gasteiger partial charge on any atom is 0.0508 e. The van der Waals surface area contributed by atoms with Crippen molar-refractivity contribution in [1.29, 1.82) is 0 Å². The second-order valence-corrected chi connectivity index (χ2v) is 7.34. The van der Waals surface area contributed by atoms with Gasteiger partial charge in [-0.1, -0.05) is 26.3 Å². The number of rotatable bonds is 7. The summed E-state index contributed by atoms with van der Waals surface area (Å²) >= 11 is 3.73. The second kappa shape index (κ2) is 7.46. The van der Waals surface area contributed by atoms with Gasteiger partial charge in [0.1, 0.15) is 0 Å². The van der Waals surface area contributed by atoms with Crippen LogP contribution in [0.3, 0.4) is 0 Å². The molecule has 0 spiro atoms. The monoisotopic (exact) mass is 338 g/mol. The molecule has 1 aliphatic carbocycles. The number of anilines is 1. The average molecular weight is 339 g/mol. The molecule has 0 radical (unpaired) electrons. The summed E-state index contributed by atoms with van der Waals surface area (Å²) in [6.07, 6.45) is 4.22. The summed E-state index contributed by atoms with van der Waals surface area (Å²) in [5, 5.41) is 3.49. The molecule has 20 heavy (non-hydrogen) atoms. The van der Waals surface area contributed by atoms with Gasteiger partial charge in [0.25, 0.3) is 0 Å². The zero-order chi connectivity index (χ0) is 14.5. The average Bonchev–Trinajstić information content (AvgIpc) is 2.33. The quantitative estimate of drug-likeness (QED) is 0.790. The van der Waals surface area contributed by atoms with Crippen molar-refractivity contribution in [2.75, 3.05) is 25.0 Å². The summed E-state index contributed by atoms with van der Waals surface area (Å²) in [6, 6.07) is 6.74. The molecule has 1 N–H and O–H groups in total. The van der Waals surface area contributed by atoms with Crippen LogP contribution in [0.1, 0.15) is 38.7 Å². The van der Waals surface area contributed by atoms with Gasteiger partial charge in [-0.3, -0.25) is 0 Å². The maximum atomic E-state index is 3.73. The molecule has 0 atom stereocenters. The van der Waals surface area contributed by atoms with Gasteiger partial charge in [-0.15, -0.1) is 0 Å². The molecule has 1 saturated carbocycles. The van der Waals surface area contributed by atoms with Crippen molar-refractivity contribution in [1.82, 2.24) is 5.32 Å². The van der Waals surface area contributed by atoms with E-state index in [1.165, 1.54) is 41.5 Å². The Morgan fingerprint density at radius 2 is 2.10 bits per heavy atom. The molecule has 1 aliphatic rings. The topological polar surface area (TPSA) is 15.3 Å².